The van der Waals surface area contributed by atoms with Gasteiger partial charge < -0.3 is 5.11 Å². The lowest BCUT2D eigenvalue weighted by Crippen LogP contribution is -2.20. The number of aliphatic hydroxyl groups excluding tert-OH is 1. The molecule has 0 aliphatic rings. The maximum Gasteiger partial charge on any atom is 0.454 e. The van der Waals surface area contributed by atoms with Crippen LogP contribution < -0.4 is 0 Å². The number of allylic oxidation sites excluding steroid dienone is 1. The van der Waals surface area contributed by atoms with Crippen molar-refractivity contribution in [2.24, 2.45) is 0 Å². The standard InChI is InChI=1S/C11H6F6O2/c12-10(13,14)7-4-2-1-3-6(7)8(18)5-9(19)11(15,16)17/h1-5,18H/b8-5-. The van der Waals surface area contributed by atoms with Gasteiger partial charge in [0, 0.05) is 11.6 Å². The molecule has 1 aromatic rings. The predicted molar refractivity (Wildman–Crippen MR) is 53.1 cm³/mol. The number of aliphatic hydroxyl groups is 1. The maximum absolute atomic E-state index is 12.5. The minimum absolute atomic E-state index is 0.287. The highest BCUT2D eigenvalue weighted by Crippen LogP contribution is 2.34. The van der Waals surface area contributed by atoms with Crippen molar-refractivity contribution < 1.29 is 36.2 Å². The molecule has 0 unspecified atom stereocenters. The molecule has 2 nitrogen and oxygen atoms in total. The number of carbonyl (C=O) groups is 1. The van der Waals surface area contributed by atoms with E-state index in [2.05, 4.69) is 0 Å². The second kappa shape index (κ2) is 4.94. The quantitative estimate of drug-likeness (QED) is 0.510. The van der Waals surface area contributed by atoms with Gasteiger partial charge in [-0.3, -0.25) is 4.79 Å². The molecule has 0 aromatic heterocycles. The summed E-state index contributed by atoms with van der Waals surface area (Å²) in [6.45, 7) is 0. The van der Waals surface area contributed by atoms with Gasteiger partial charge in [0.15, 0.2) is 0 Å². The summed E-state index contributed by atoms with van der Waals surface area (Å²) < 4.78 is 73.4. The first-order valence-corrected chi connectivity index (χ1v) is 4.72. The number of hydrogen-bond donors (Lipinski definition) is 1. The zero-order chi connectivity index (χ0) is 14.8. The fourth-order valence-electron chi connectivity index (χ4n) is 1.24. The van der Waals surface area contributed by atoms with Gasteiger partial charge >= 0.3 is 12.4 Å². The largest absolute Gasteiger partial charge is 0.507 e. The van der Waals surface area contributed by atoms with Crippen LogP contribution >= 0.6 is 0 Å². The lowest BCUT2D eigenvalue weighted by atomic mass is 10.0. The van der Waals surface area contributed by atoms with Crippen LogP contribution in [0.1, 0.15) is 11.1 Å². The summed E-state index contributed by atoms with van der Waals surface area (Å²) in [6, 6.07) is 3.44. The fourth-order valence-corrected chi connectivity index (χ4v) is 1.24. The SMILES string of the molecule is O=C(/C=C(\O)c1ccccc1C(F)(F)F)C(F)(F)F. The molecule has 0 radical (unpaired) electrons. The molecule has 0 heterocycles. The van der Waals surface area contributed by atoms with Crippen LogP contribution in [-0.4, -0.2) is 17.1 Å². The Morgan fingerprint density at radius 3 is 2.05 bits per heavy atom. The van der Waals surface area contributed by atoms with Crippen molar-refractivity contribution in [2.75, 3.05) is 0 Å². The van der Waals surface area contributed by atoms with Crippen LogP contribution in [0.4, 0.5) is 26.3 Å². The molecule has 0 bridgehead atoms. The minimum atomic E-state index is -5.26. The van der Waals surface area contributed by atoms with E-state index in [0.29, 0.717) is 6.07 Å². The van der Waals surface area contributed by atoms with Crippen LogP contribution in [0.15, 0.2) is 30.3 Å². The Bertz CT molecular complexity index is 513. The summed E-state index contributed by atoms with van der Waals surface area (Å²) in [5, 5.41) is 9.24. The first kappa shape index (κ1) is 15.1. The molecular weight excluding hydrogens is 278 g/mol. The van der Waals surface area contributed by atoms with Crippen molar-refractivity contribution in [3.63, 3.8) is 0 Å². The number of ketones is 1. The van der Waals surface area contributed by atoms with Crippen LogP contribution in [0.2, 0.25) is 0 Å². The topological polar surface area (TPSA) is 37.3 Å². The Hall–Kier alpha value is -1.99. The number of benzene rings is 1. The molecule has 0 fully saturated rings. The Balaban J connectivity index is 3.25. The van der Waals surface area contributed by atoms with Gasteiger partial charge in [-0.2, -0.15) is 26.3 Å². The smallest absolute Gasteiger partial charge is 0.454 e. The van der Waals surface area contributed by atoms with Gasteiger partial charge in [-0.25, -0.2) is 0 Å². The van der Waals surface area contributed by atoms with Gasteiger partial charge in [-0.05, 0) is 6.07 Å². The van der Waals surface area contributed by atoms with E-state index >= 15 is 0 Å². The number of halogens is 6. The van der Waals surface area contributed by atoms with Gasteiger partial charge in [0.1, 0.15) is 5.76 Å². The van der Waals surface area contributed by atoms with Crippen molar-refractivity contribution in [1.29, 1.82) is 0 Å². The molecule has 0 atom stereocenters. The number of carbonyl (C=O) groups excluding carboxylic acids is 1. The van der Waals surface area contributed by atoms with Crippen molar-refractivity contribution >= 4 is 11.5 Å². The normalized spacial score (nSPS) is 13.5. The van der Waals surface area contributed by atoms with E-state index in [-0.39, 0.29) is 6.08 Å². The molecular formula is C11H6F6O2. The minimum Gasteiger partial charge on any atom is -0.507 e. The lowest BCUT2D eigenvalue weighted by Gasteiger charge is -2.12. The summed E-state index contributed by atoms with van der Waals surface area (Å²) >= 11 is 0. The molecule has 0 aliphatic heterocycles. The monoisotopic (exact) mass is 284 g/mol. The van der Waals surface area contributed by atoms with Crippen LogP contribution in [-0.2, 0) is 11.0 Å². The first-order chi connectivity index (χ1) is 8.53. The number of rotatable bonds is 2. The van der Waals surface area contributed by atoms with E-state index in [1.54, 1.807) is 0 Å². The lowest BCUT2D eigenvalue weighted by molar-refractivity contribution is -0.165. The van der Waals surface area contributed by atoms with E-state index in [9.17, 15) is 36.2 Å². The molecule has 1 aromatic carbocycles. The predicted octanol–water partition coefficient (Wildman–Crippen LogP) is 3.74. The summed E-state index contributed by atoms with van der Waals surface area (Å²) in [7, 11) is 0. The summed E-state index contributed by atoms with van der Waals surface area (Å²) in [5.41, 5.74) is -2.23. The van der Waals surface area contributed by atoms with Crippen LogP contribution in [0.5, 0.6) is 0 Å². The van der Waals surface area contributed by atoms with E-state index in [4.69, 9.17) is 0 Å². The van der Waals surface area contributed by atoms with Crippen LogP contribution in [0.3, 0.4) is 0 Å². The van der Waals surface area contributed by atoms with Crippen LogP contribution in [0.25, 0.3) is 5.76 Å². The Morgan fingerprint density at radius 1 is 1.05 bits per heavy atom. The maximum atomic E-state index is 12.5. The molecule has 104 valence electrons. The first-order valence-electron chi connectivity index (χ1n) is 4.72. The van der Waals surface area contributed by atoms with E-state index < -0.39 is 35.0 Å². The molecule has 0 saturated carbocycles. The third-order valence-corrected chi connectivity index (χ3v) is 2.06. The van der Waals surface area contributed by atoms with Crippen molar-refractivity contribution in [3.05, 3.63) is 41.5 Å². The fraction of sp³-hybridized carbons (Fsp3) is 0.182. The molecule has 1 N–H and O–H groups in total. The second-order valence-corrected chi connectivity index (χ2v) is 3.43. The Morgan fingerprint density at radius 2 is 1.58 bits per heavy atom. The third kappa shape index (κ3) is 3.73. The van der Waals surface area contributed by atoms with Gasteiger partial charge in [0.05, 0.1) is 5.56 Å². The summed E-state index contributed by atoms with van der Waals surface area (Å²) in [6.07, 6.45) is -10.4. The van der Waals surface area contributed by atoms with Crippen molar-refractivity contribution in [1.82, 2.24) is 0 Å². The number of alkyl halides is 6. The molecule has 0 saturated heterocycles. The van der Waals surface area contributed by atoms with Crippen molar-refractivity contribution in [2.45, 2.75) is 12.4 Å². The molecule has 1 rings (SSSR count). The molecule has 19 heavy (non-hydrogen) atoms. The van der Waals surface area contributed by atoms with Crippen LogP contribution in [0, 0.1) is 0 Å². The molecule has 0 aliphatic carbocycles. The highest BCUT2D eigenvalue weighted by Gasteiger charge is 2.38. The van der Waals surface area contributed by atoms with Gasteiger partial charge in [0.25, 0.3) is 5.78 Å². The second-order valence-electron chi connectivity index (χ2n) is 3.43. The van der Waals surface area contributed by atoms with E-state index in [1.165, 1.54) is 0 Å². The highest BCUT2D eigenvalue weighted by atomic mass is 19.4. The van der Waals surface area contributed by atoms with E-state index in [0.717, 1.165) is 18.2 Å². The average molecular weight is 284 g/mol. The highest BCUT2D eigenvalue weighted by molar-refractivity contribution is 5.99. The number of hydrogen-bond acceptors (Lipinski definition) is 2. The summed E-state index contributed by atoms with van der Waals surface area (Å²) in [5.74, 6) is -3.84. The zero-order valence-electron chi connectivity index (χ0n) is 9.01. The van der Waals surface area contributed by atoms with Crippen molar-refractivity contribution in [3.8, 4) is 0 Å². The average Bonchev–Trinajstić information content (AvgIpc) is 2.26. The zero-order valence-corrected chi connectivity index (χ0v) is 9.01. The van der Waals surface area contributed by atoms with E-state index in [1.807, 2.05) is 0 Å². The van der Waals surface area contributed by atoms with Gasteiger partial charge in [0.2, 0.25) is 0 Å². The molecule has 0 amide bonds. The summed E-state index contributed by atoms with van der Waals surface area (Å²) in [4.78, 5) is 10.6. The Kier molecular flexibility index (Phi) is 3.92. The molecule has 8 heteroatoms. The molecule has 0 spiro atoms. The Labute approximate surface area is 103 Å². The van der Waals surface area contributed by atoms with Gasteiger partial charge in [-0.15, -0.1) is 0 Å². The van der Waals surface area contributed by atoms with Gasteiger partial charge in [-0.1, -0.05) is 18.2 Å². The third-order valence-electron chi connectivity index (χ3n) is 2.06.